The highest BCUT2D eigenvalue weighted by Gasteiger charge is 2.08. The summed E-state index contributed by atoms with van der Waals surface area (Å²) in [5.41, 5.74) is 2.49. The molecule has 1 heterocycles. The molecule has 1 N–H and O–H groups in total. The van der Waals surface area contributed by atoms with Gasteiger partial charge in [0.2, 0.25) is 0 Å². The van der Waals surface area contributed by atoms with Crippen LogP contribution in [0.15, 0.2) is 12.1 Å². The van der Waals surface area contributed by atoms with Gasteiger partial charge < -0.3 is 10.2 Å². The quantitative estimate of drug-likeness (QED) is 0.839. The standard InChI is InChI=1S/C15H27N3/c1-7-18(6)15-9-13(10-16-12(4)5)8-14(17-15)11(2)3/h8-9,11-12,16H,7,10H2,1-6H3. The molecule has 1 rings (SSSR count). The van der Waals surface area contributed by atoms with Crippen LogP contribution in [0.5, 0.6) is 0 Å². The first-order valence-corrected chi connectivity index (χ1v) is 6.89. The van der Waals surface area contributed by atoms with Crippen molar-refractivity contribution in [3.05, 3.63) is 23.4 Å². The summed E-state index contributed by atoms with van der Waals surface area (Å²) in [5.74, 6) is 1.54. The fourth-order valence-electron chi connectivity index (χ4n) is 1.67. The summed E-state index contributed by atoms with van der Waals surface area (Å²) >= 11 is 0. The maximum atomic E-state index is 4.73. The first-order valence-electron chi connectivity index (χ1n) is 6.89. The Hall–Kier alpha value is -1.09. The summed E-state index contributed by atoms with van der Waals surface area (Å²) in [4.78, 5) is 6.91. The minimum Gasteiger partial charge on any atom is -0.360 e. The third-order valence-electron chi connectivity index (χ3n) is 3.06. The minimum atomic E-state index is 0.466. The number of anilines is 1. The predicted octanol–water partition coefficient (Wildman–Crippen LogP) is 3.16. The molecule has 0 unspecified atom stereocenters. The van der Waals surface area contributed by atoms with E-state index in [0.29, 0.717) is 12.0 Å². The molecule has 3 nitrogen and oxygen atoms in total. The molecule has 0 bridgehead atoms. The summed E-state index contributed by atoms with van der Waals surface area (Å²) in [6, 6.07) is 4.91. The van der Waals surface area contributed by atoms with E-state index in [4.69, 9.17) is 4.98 Å². The average Bonchev–Trinajstić information content (AvgIpc) is 2.34. The Labute approximate surface area is 112 Å². The van der Waals surface area contributed by atoms with Crippen LogP contribution >= 0.6 is 0 Å². The van der Waals surface area contributed by atoms with Crippen LogP contribution in [0.4, 0.5) is 5.82 Å². The average molecular weight is 249 g/mol. The second-order valence-electron chi connectivity index (χ2n) is 5.46. The molecule has 0 aliphatic carbocycles. The Bertz CT molecular complexity index is 372. The van der Waals surface area contributed by atoms with E-state index >= 15 is 0 Å². The molecule has 0 saturated carbocycles. The van der Waals surface area contributed by atoms with E-state index in [9.17, 15) is 0 Å². The van der Waals surface area contributed by atoms with E-state index in [0.717, 1.165) is 18.9 Å². The van der Waals surface area contributed by atoms with Gasteiger partial charge in [0.15, 0.2) is 0 Å². The molecule has 0 radical (unpaired) electrons. The van der Waals surface area contributed by atoms with Gasteiger partial charge >= 0.3 is 0 Å². The number of rotatable bonds is 6. The van der Waals surface area contributed by atoms with Gasteiger partial charge in [-0.05, 0) is 30.5 Å². The van der Waals surface area contributed by atoms with Crippen LogP contribution in [-0.4, -0.2) is 24.6 Å². The Balaban J connectivity index is 2.98. The number of pyridine rings is 1. The summed E-state index contributed by atoms with van der Waals surface area (Å²) in [6.07, 6.45) is 0. The van der Waals surface area contributed by atoms with Crippen molar-refractivity contribution in [1.29, 1.82) is 0 Å². The summed E-state index contributed by atoms with van der Waals surface area (Å²) in [5, 5.41) is 3.47. The Morgan fingerprint density at radius 2 is 1.89 bits per heavy atom. The van der Waals surface area contributed by atoms with Crippen molar-refractivity contribution in [2.24, 2.45) is 0 Å². The fourth-order valence-corrected chi connectivity index (χ4v) is 1.67. The van der Waals surface area contributed by atoms with Crippen LogP contribution in [0.3, 0.4) is 0 Å². The van der Waals surface area contributed by atoms with Gasteiger partial charge in [0.05, 0.1) is 0 Å². The molecule has 0 amide bonds. The van der Waals surface area contributed by atoms with Crippen molar-refractivity contribution >= 4 is 5.82 Å². The van der Waals surface area contributed by atoms with Gasteiger partial charge in [0.1, 0.15) is 5.82 Å². The number of hydrogen-bond donors (Lipinski definition) is 1. The first-order chi connectivity index (χ1) is 8.43. The highest BCUT2D eigenvalue weighted by Crippen LogP contribution is 2.19. The number of hydrogen-bond acceptors (Lipinski definition) is 3. The molecule has 0 aliphatic rings. The highest BCUT2D eigenvalue weighted by atomic mass is 15.2. The zero-order valence-electron chi connectivity index (χ0n) is 12.6. The molecule has 1 aromatic rings. The number of nitrogens with zero attached hydrogens (tertiary/aromatic N) is 2. The number of nitrogens with one attached hydrogen (secondary N) is 1. The maximum Gasteiger partial charge on any atom is 0.128 e. The van der Waals surface area contributed by atoms with Crippen molar-refractivity contribution in [3.63, 3.8) is 0 Å². The van der Waals surface area contributed by atoms with Crippen molar-refractivity contribution in [3.8, 4) is 0 Å². The Morgan fingerprint density at radius 1 is 1.22 bits per heavy atom. The molecular formula is C15H27N3. The van der Waals surface area contributed by atoms with Crippen LogP contribution < -0.4 is 10.2 Å². The van der Waals surface area contributed by atoms with E-state index in [1.807, 2.05) is 0 Å². The molecule has 1 aromatic heterocycles. The molecule has 102 valence electrons. The van der Waals surface area contributed by atoms with Gasteiger partial charge in [-0.25, -0.2) is 4.98 Å². The van der Waals surface area contributed by atoms with Gasteiger partial charge in [-0.15, -0.1) is 0 Å². The van der Waals surface area contributed by atoms with Gasteiger partial charge in [0, 0.05) is 31.9 Å². The molecule has 0 atom stereocenters. The van der Waals surface area contributed by atoms with Crippen LogP contribution in [0.2, 0.25) is 0 Å². The second-order valence-corrected chi connectivity index (χ2v) is 5.46. The van der Waals surface area contributed by atoms with Crippen molar-refractivity contribution < 1.29 is 0 Å². The smallest absolute Gasteiger partial charge is 0.128 e. The third-order valence-corrected chi connectivity index (χ3v) is 3.06. The molecule has 3 heteroatoms. The van der Waals surface area contributed by atoms with E-state index < -0.39 is 0 Å². The highest BCUT2D eigenvalue weighted by molar-refractivity contribution is 5.42. The van der Waals surface area contributed by atoms with Crippen molar-refractivity contribution in [2.45, 2.75) is 53.1 Å². The van der Waals surface area contributed by atoms with Gasteiger partial charge in [-0.2, -0.15) is 0 Å². The van der Waals surface area contributed by atoms with E-state index in [2.05, 4.69) is 64.0 Å². The fraction of sp³-hybridized carbons (Fsp3) is 0.667. The normalized spacial score (nSPS) is 11.3. The van der Waals surface area contributed by atoms with Crippen molar-refractivity contribution in [2.75, 3.05) is 18.5 Å². The molecule has 0 saturated heterocycles. The molecule has 0 spiro atoms. The van der Waals surface area contributed by atoms with Gasteiger partial charge in [0.25, 0.3) is 0 Å². The maximum absolute atomic E-state index is 4.73. The Kier molecular flexibility index (Phi) is 5.60. The van der Waals surface area contributed by atoms with Crippen molar-refractivity contribution in [1.82, 2.24) is 10.3 Å². The lowest BCUT2D eigenvalue weighted by Gasteiger charge is -2.19. The number of aromatic nitrogens is 1. The largest absolute Gasteiger partial charge is 0.360 e. The molecule has 18 heavy (non-hydrogen) atoms. The SMILES string of the molecule is CCN(C)c1cc(CNC(C)C)cc(C(C)C)n1. The molecule has 0 fully saturated rings. The lowest BCUT2D eigenvalue weighted by molar-refractivity contribution is 0.587. The topological polar surface area (TPSA) is 28.2 Å². The first kappa shape index (κ1) is 15.0. The molecule has 0 aromatic carbocycles. The zero-order valence-corrected chi connectivity index (χ0v) is 12.6. The van der Waals surface area contributed by atoms with Gasteiger partial charge in [-0.3, -0.25) is 0 Å². The summed E-state index contributed by atoms with van der Waals surface area (Å²) < 4.78 is 0. The third kappa shape index (κ3) is 4.30. The van der Waals surface area contributed by atoms with E-state index in [-0.39, 0.29) is 0 Å². The molecule has 0 aliphatic heterocycles. The van der Waals surface area contributed by atoms with Crippen LogP contribution in [0.25, 0.3) is 0 Å². The predicted molar refractivity (Wildman–Crippen MR) is 79.2 cm³/mol. The summed E-state index contributed by atoms with van der Waals surface area (Å²) in [6.45, 7) is 12.8. The lowest BCUT2D eigenvalue weighted by Crippen LogP contribution is -2.23. The van der Waals surface area contributed by atoms with Crippen LogP contribution in [0, 0.1) is 0 Å². The second kappa shape index (κ2) is 6.74. The van der Waals surface area contributed by atoms with Crippen LogP contribution in [0.1, 0.15) is 51.8 Å². The van der Waals surface area contributed by atoms with Gasteiger partial charge in [-0.1, -0.05) is 27.7 Å². The monoisotopic (exact) mass is 249 g/mol. The summed E-state index contributed by atoms with van der Waals surface area (Å²) in [7, 11) is 2.09. The zero-order chi connectivity index (χ0) is 13.7. The molecular weight excluding hydrogens is 222 g/mol. The minimum absolute atomic E-state index is 0.466. The Morgan fingerprint density at radius 3 is 2.39 bits per heavy atom. The van der Waals surface area contributed by atoms with Crippen LogP contribution in [-0.2, 0) is 6.54 Å². The lowest BCUT2D eigenvalue weighted by atomic mass is 10.1. The van der Waals surface area contributed by atoms with E-state index in [1.165, 1.54) is 11.3 Å². The van der Waals surface area contributed by atoms with E-state index in [1.54, 1.807) is 0 Å².